The number of fused-ring (bicyclic) bond motifs is 1. The van der Waals surface area contributed by atoms with Crippen molar-refractivity contribution in [3.63, 3.8) is 0 Å². The summed E-state index contributed by atoms with van der Waals surface area (Å²) >= 11 is 0.0553. The van der Waals surface area contributed by atoms with Crippen molar-refractivity contribution in [3.05, 3.63) is 36.9 Å². The third-order valence-electron chi connectivity index (χ3n) is 5.74. The maximum absolute atomic E-state index is 13.2. The molecule has 32 heavy (non-hydrogen) atoms. The molecule has 0 spiro atoms. The Morgan fingerprint density at radius 1 is 1.44 bits per heavy atom. The van der Waals surface area contributed by atoms with E-state index >= 15 is 0 Å². The fourth-order valence-corrected chi connectivity index (χ4v) is 4.61. The lowest BCUT2D eigenvalue weighted by molar-refractivity contribution is -0.131. The number of halogens is 1. The summed E-state index contributed by atoms with van der Waals surface area (Å²) in [7, 11) is 0. The standard InChI is InChI=1S/C21H22FN7O2S/c22-32-29-11-8-15-19(25-13-26-21(15)29)16-12-28(17(7-9-23)14-4-1-2-5-14)27-20(16)24-10-3-6-18(30)31/h3,6,8,11-14,17H,1-2,4-5,7,10H2,(H,24,27)(H,30,31)/b6-3+. The molecule has 3 aromatic rings. The summed E-state index contributed by atoms with van der Waals surface area (Å²) in [5, 5.41) is 26.8. The Morgan fingerprint density at radius 2 is 2.25 bits per heavy atom. The fourth-order valence-electron chi connectivity index (χ4n) is 4.29. The Bertz CT molecular complexity index is 1180. The lowest BCUT2D eigenvalue weighted by Crippen LogP contribution is -2.18. The lowest BCUT2D eigenvalue weighted by atomic mass is 9.96. The van der Waals surface area contributed by atoms with Crippen molar-refractivity contribution in [3.8, 4) is 17.3 Å². The summed E-state index contributed by atoms with van der Waals surface area (Å²) in [4.78, 5) is 19.4. The number of carboxylic acid groups (broad SMARTS) is 1. The number of nitrogens with zero attached hydrogens (tertiary/aromatic N) is 6. The Labute approximate surface area is 188 Å². The number of carboxylic acids is 1. The van der Waals surface area contributed by atoms with Crippen LogP contribution in [0.4, 0.5) is 9.70 Å². The minimum atomic E-state index is -1.03. The van der Waals surface area contributed by atoms with Gasteiger partial charge in [-0.05, 0) is 24.8 Å². The van der Waals surface area contributed by atoms with Gasteiger partial charge in [-0.15, -0.1) is 3.89 Å². The van der Waals surface area contributed by atoms with Crippen LogP contribution in [0.3, 0.4) is 0 Å². The fraction of sp³-hybridized carbons (Fsp3) is 0.381. The van der Waals surface area contributed by atoms with Crippen molar-refractivity contribution in [2.45, 2.75) is 38.1 Å². The van der Waals surface area contributed by atoms with E-state index in [0.29, 0.717) is 40.4 Å². The van der Waals surface area contributed by atoms with Crippen LogP contribution in [-0.2, 0) is 4.79 Å². The summed E-state index contributed by atoms with van der Waals surface area (Å²) in [5.74, 6) is -0.145. The molecule has 0 aromatic carbocycles. The van der Waals surface area contributed by atoms with Crippen LogP contribution in [0.5, 0.6) is 0 Å². The second-order valence-electron chi connectivity index (χ2n) is 7.64. The van der Waals surface area contributed by atoms with E-state index < -0.39 is 5.97 Å². The van der Waals surface area contributed by atoms with Gasteiger partial charge in [0.2, 0.25) is 0 Å². The molecule has 3 heterocycles. The number of anilines is 1. The summed E-state index contributed by atoms with van der Waals surface area (Å²) in [6.45, 7) is 0.248. The molecule has 1 saturated carbocycles. The molecule has 9 nitrogen and oxygen atoms in total. The highest BCUT2D eigenvalue weighted by molar-refractivity contribution is 7.92. The van der Waals surface area contributed by atoms with E-state index in [1.165, 1.54) is 16.4 Å². The van der Waals surface area contributed by atoms with Crippen LogP contribution in [0.1, 0.15) is 38.1 Å². The molecular weight excluding hydrogens is 433 g/mol. The van der Waals surface area contributed by atoms with Crippen LogP contribution in [0.25, 0.3) is 22.3 Å². The van der Waals surface area contributed by atoms with Gasteiger partial charge in [0.25, 0.3) is 0 Å². The summed E-state index contributed by atoms with van der Waals surface area (Å²) in [6.07, 6.45) is 12.1. The van der Waals surface area contributed by atoms with Crippen molar-refractivity contribution in [2.24, 2.45) is 5.92 Å². The SMILES string of the molecule is N#CCC(C1CCCC1)n1cc(-c2ncnc3c2ccn3SF)c(NC/C=C/C(=O)O)n1. The van der Waals surface area contributed by atoms with Crippen molar-refractivity contribution < 1.29 is 13.8 Å². The maximum Gasteiger partial charge on any atom is 0.328 e. The van der Waals surface area contributed by atoms with E-state index in [-0.39, 0.29) is 24.9 Å². The molecule has 0 saturated heterocycles. The molecule has 0 amide bonds. The second-order valence-corrected chi connectivity index (χ2v) is 8.17. The van der Waals surface area contributed by atoms with Crippen LogP contribution in [0.15, 0.2) is 36.9 Å². The Kier molecular flexibility index (Phi) is 6.70. The Balaban J connectivity index is 1.77. The smallest absolute Gasteiger partial charge is 0.328 e. The highest BCUT2D eigenvalue weighted by Crippen LogP contribution is 2.39. The van der Waals surface area contributed by atoms with E-state index in [1.54, 1.807) is 12.3 Å². The highest BCUT2D eigenvalue weighted by atomic mass is 32.2. The molecule has 166 valence electrons. The molecule has 1 aliphatic rings. The van der Waals surface area contributed by atoms with E-state index in [1.807, 2.05) is 10.9 Å². The topological polar surface area (TPSA) is 122 Å². The first kappa shape index (κ1) is 21.8. The summed E-state index contributed by atoms with van der Waals surface area (Å²) in [6, 6.07) is 3.97. The predicted molar refractivity (Wildman–Crippen MR) is 119 cm³/mol. The molecule has 1 atom stereocenters. The quantitative estimate of drug-likeness (QED) is 0.456. The number of hydrogen-bond donors (Lipinski definition) is 2. The van der Waals surface area contributed by atoms with Gasteiger partial charge in [-0.1, -0.05) is 18.9 Å². The van der Waals surface area contributed by atoms with Gasteiger partial charge in [0.1, 0.15) is 6.33 Å². The first-order valence-corrected chi connectivity index (χ1v) is 11.0. The molecule has 0 bridgehead atoms. The zero-order valence-electron chi connectivity index (χ0n) is 17.2. The molecular formula is C21H22FN7O2S. The van der Waals surface area contributed by atoms with Crippen LogP contribution < -0.4 is 5.32 Å². The molecule has 1 unspecified atom stereocenters. The van der Waals surface area contributed by atoms with Gasteiger partial charge >= 0.3 is 5.97 Å². The van der Waals surface area contributed by atoms with Gasteiger partial charge < -0.3 is 10.4 Å². The number of carbonyl (C=O) groups is 1. The van der Waals surface area contributed by atoms with Crippen LogP contribution >= 0.6 is 12.3 Å². The summed E-state index contributed by atoms with van der Waals surface area (Å²) < 4.78 is 16.4. The number of aromatic nitrogens is 5. The van der Waals surface area contributed by atoms with Gasteiger partial charge in [-0.25, -0.2) is 18.7 Å². The molecule has 4 rings (SSSR count). The van der Waals surface area contributed by atoms with E-state index in [0.717, 1.165) is 31.8 Å². The van der Waals surface area contributed by atoms with E-state index in [4.69, 9.17) is 10.2 Å². The van der Waals surface area contributed by atoms with Crippen molar-refractivity contribution in [1.82, 2.24) is 23.7 Å². The highest BCUT2D eigenvalue weighted by Gasteiger charge is 2.28. The molecule has 0 aliphatic heterocycles. The minimum absolute atomic E-state index is 0.0553. The molecule has 0 radical (unpaired) electrons. The third-order valence-corrected chi connectivity index (χ3v) is 6.18. The predicted octanol–water partition coefficient (Wildman–Crippen LogP) is 4.37. The average Bonchev–Trinajstić information content (AvgIpc) is 3.54. The van der Waals surface area contributed by atoms with Crippen molar-refractivity contribution >= 4 is 35.2 Å². The van der Waals surface area contributed by atoms with Gasteiger partial charge in [-0.3, -0.25) is 4.68 Å². The lowest BCUT2D eigenvalue weighted by Gasteiger charge is -2.21. The van der Waals surface area contributed by atoms with Gasteiger partial charge in [0.05, 0.1) is 29.8 Å². The Morgan fingerprint density at radius 3 is 2.97 bits per heavy atom. The van der Waals surface area contributed by atoms with E-state index in [9.17, 15) is 13.9 Å². The van der Waals surface area contributed by atoms with Crippen molar-refractivity contribution in [2.75, 3.05) is 11.9 Å². The second kappa shape index (κ2) is 9.82. The van der Waals surface area contributed by atoms with Crippen LogP contribution in [-0.4, -0.2) is 41.3 Å². The molecule has 2 N–H and O–H groups in total. The molecule has 11 heteroatoms. The number of nitrogens with one attached hydrogen (secondary N) is 1. The summed E-state index contributed by atoms with van der Waals surface area (Å²) in [5.41, 5.74) is 1.71. The van der Waals surface area contributed by atoms with Crippen molar-refractivity contribution in [1.29, 1.82) is 5.26 Å². The van der Waals surface area contributed by atoms with Crippen LogP contribution in [0, 0.1) is 17.2 Å². The number of rotatable bonds is 9. The first-order valence-electron chi connectivity index (χ1n) is 10.3. The largest absolute Gasteiger partial charge is 0.478 e. The first-order chi connectivity index (χ1) is 15.6. The Hall–Kier alpha value is -3.39. The molecule has 3 aromatic heterocycles. The number of nitriles is 1. The monoisotopic (exact) mass is 455 g/mol. The molecule has 1 aliphatic carbocycles. The minimum Gasteiger partial charge on any atom is -0.478 e. The number of aliphatic carboxylic acids is 1. The van der Waals surface area contributed by atoms with Gasteiger partial charge in [-0.2, -0.15) is 10.4 Å². The molecule has 1 fully saturated rings. The zero-order valence-corrected chi connectivity index (χ0v) is 18.0. The maximum atomic E-state index is 13.2. The number of hydrogen-bond acceptors (Lipinski definition) is 7. The van der Waals surface area contributed by atoms with E-state index in [2.05, 4.69) is 21.4 Å². The zero-order chi connectivity index (χ0) is 22.5. The average molecular weight is 456 g/mol. The van der Waals surface area contributed by atoms with Gasteiger partial charge in [0.15, 0.2) is 23.8 Å². The normalized spacial score (nSPS) is 15.4. The third kappa shape index (κ3) is 4.45. The van der Waals surface area contributed by atoms with Crippen LogP contribution in [0.2, 0.25) is 0 Å². The van der Waals surface area contributed by atoms with Gasteiger partial charge in [0, 0.05) is 30.4 Å².